The molecule has 2 rings (SSSR count). The van der Waals surface area contributed by atoms with Gasteiger partial charge in [0.25, 0.3) is 0 Å². The van der Waals surface area contributed by atoms with Crippen LogP contribution < -0.4 is 11.1 Å². The average molecular weight is 273 g/mol. The van der Waals surface area contributed by atoms with E-state index in [0.717, 1.165) is 23.0 Å². The first-order valence-electron chi connectivity index (χ1n) is 6.92. The normalized spacial score (nSPS) is 13.4. The lowest BCUT2D eigenvalue weighted by atomic mass is 9.89. The van der Waals surface area contributed by atoms with E-state index in [-0.39, 0.29) is 11.5 Å². The average Bonchev–Trinajstić information content (AvgIpc) is 2.36. The molecule has 4 N–H and O–H groups in total. The molecule has 0 saturated carbocycles. The predicted octanol–water partition coefficient (Wildman–Crippen LogP) is 3.03. The lowest BCUT2D eigenvalue weighted by molar-refractivity contribution is 0.132. The largest absolute Gasteiger partial charge is 0.397 e. The summed E-state index contributed by atoms with van der Waals surface area (Å²) in [4.78, 5) is 4.27. The maximum absolute atomic E-state index is 10.0. The number of hydrogen-bond acceptors (Lipinski definition) is 4. The zero-order valence-corrected chi connectivity index (χ0v) is 12.4. The fourth-order valence-electron chi connectivity index (χ4n) is 2.34. The minimum atomic E-state index is -0.390. The Labute approximate surface area is 120 Å². The summed E-state index contributed by atoms with van der Waals surface area (Å²) >= 11 is 0. The molecule has 1 atom stereocenters. The van der Waals surface area contributed by atoms with Gasteiger partial charge >= 0.3 is 0 Å². The molecule has 0 bridgehead atoms. The first-order valence-corrected chi connectivity index (χ1v) is 6.92. The molecule has 1 aromatic heterocycles. The number of aromatic nitrogens is 1. The Morgan fingerprint density at radius 3 is 2.75 bits per heavy atom. The van der Waals surface area contributed by atoms with Crippen LogP contribution in [0.4, 0.5) is 11.4 Å². The molecular weight excluding hydrogens is 250 g/mol. The Bertz CT molecular complexity index is 590. The van der Waals surface area contributed by atoms with E-state index in [1.54, 1.807) is 6.20 Å². The van der Waals surface area contributed by atoms with Crippen LogP contribution in [0.1, 0.15) is 27.2 Å². The van der Waals surface area contributed by atoms with Gasteiger partial charge in [0.1, 0.15) is 0 Å². The van der Waals surface area contributed by atoms with Gasteiger partial charge in [0.2, 0.25) is 0 Å². The number of nitrogens with two attached hydrogens (primary N) is 1. The summed E-state index contributed by atoms with van der Waals surface area (Å²) in [6.07, 6.45) is 2.11. The number of pyridine rings is 1. The van der Waals surface area contributed by atoms with Crippen molar-refractivity contribution >= 4 is 22.3 Å². The van der Waals surface area contributed by atoms with E-state index in [2.05, 4.69) is 31.1 Å². The van der Waals surface area contributed by atoms with Crippen LogP contribution >= 0.6 is 0 Å². The molecule has 20 heavy (non-hydrogen) atoms. The highest BCUT2D eigenvalue weighted by Crippen LogP contribution is 2.28. The van der Waals surface area contributed by atoms with Crippen LogP contribution in [0, 0.1) is 5.41 Å². The quantitative estimate of drug-likeness (QED) is 0.749. The van der Waals surface area contributed by atoms with Gasteiger partial charge in [0, 0.05) is 18.1 Å². The second-order valence-corrected chi connectivity index (χ2v) is 6.40. The lowest BCUT2D eigenvalue weighted by Gasteiger charge is -2.23. The Morgan fingerprint density at radius 2 is 2.05 bits per heavy atom. The minimum Gasteiger partial charge on any atom is -0.397 e. The van der Waals surface area contributed by atoms with E-state index in [4.69, 9.17) is 5.73 Å². The fourth-order valence-corrected chi connectivity index (χ4v) is 2.34. The van der Waals surface area contributed by atoms with Gasteiger partial charge in [-0.2, -0.15) is 0 Å². The number of nitrogen functional groups attached to an aromatic ring is 1. The molecule has 2 aromatic rings. The molecule has 0 aliphatic rings. The number of fused-ring (bicyclic) bond motifs is 1. The molecular formula is C16H23N3O. The molecule has 1 aromatic carbocycles. The number of nitrogens with zero attached hydrogens (tertiary/aromatic N) is 1. The molecule has 0 amide bonds. The summed E-state index contributed by atoms with van der Waals surface area (Å²) in [5.74, 6) is 0. The van der Waals surface area contributed by atoms with Crippen molar-refractivity contribution in [3.63, 3.8) is 0 Å². The van der Waals surface area contributed by atoms with Crippen LogP contribution in [0.25, 0.3) is 10.9 Å². The van der Waals surface area contributed by atoms with Crippen molar-refractivity contribution in [3.05, 3.63) is 30.5 Å². The number of aliphatic hydroxyl groups excluding tert-OH is 1. The van der Waals surface area contributed by atoms with Crippen LogP contribution in [0.3, 0.4) is 0 Å². The Balaban J connectivity index is 2.09. The standard InChI is InChI=1S/C16H23N3O/c1-16(2,3)9-11(20)10-19-14-7-6-13-12(15(14)17)5-4-8-18-13/h4-8,11,19-20H,9-10,17H2,1-3H3. The molecule has 0 saturated heterocycles. The van der Waals surface area contributed by atoms with Crippen molar-refractivity contribution in [2.24, 2.45) is 5.41 Å². The Morgan fingerprint density at radius 1 is 1.30 bits per heavy atom. The molecule has 0 radical (unpaired) electrons. The zero-order chi connectivity index (χ0) is 14.8. The smallest absolute Gasteiger partial charge is 0.0724 e. The molecule has 0 aliphatic carbocycles. The van der Waals surface area contributed by atoms with Gasteiger partial charge in [-0.15, -0.1) is 0 Å². The summed E-state index contributed by atoms with van der Waals surface area (Å²) in [7, 11) is 0. The molecule has 0 spiro atoms. The first kappa shape index (κ1) is 14.6. The van der Waals surface area contributed by atoms with Crippen molar-refractivity contribution in [2.75, 3.05) is 17.6 Å². The van der Waals surface area contributed by atoms with E-state index in [1.165, 1.54) is 0 Å². The predicted molar refractivity (Wildman–Crippen MR) is 84.7 cm³/mol. The van der Waals surface area contributed by atoms with Crippen LogP contribution in [-0.2, 0) is 0 Å². The number of benzene rings is 1. The van der Waals surface area contributed by atoms with E-state index < -0.39 is 0 Å². The third-order valence-corrected chi connectivity index (χ3v) is 3.20. The summed E-state index contributed by atoms with van der Waals surface area (Å²) in [5.41, 5.74) is 8.66. The second kappa shape index (κ2) is 5.67. The highest BCUT2D eigenvalue weighted by Gasteiger charge is 2.16. The molecule has 108 valence electrons. The summed E-state index contributed by atoms with van der Waals surface area (Å²) in [5, 5.41) is 14.2. The molecule has 4 nitrogen and oxygen atoms in total. The maximum atomic E-state index is 10.0. The van der Waals surface area contributed by atoms with E-state index in [9.17, 15) is 5.11 Å². The third-order valence-electron chi connectivity index (χ3n) is 3.20. The van der Waals surface area contributed by atoms with E-state index >= 15 is 0 Å². The van der Waals surface area contributed by atoms with E-state index in [1.807, 2.05) is 24.3 Å². The molecule has 1 heterocycles. The van der Waals surface area contributed by atoms with Crippen LogP contribution in [-0.4, -0.2) is 22.7 Å². The number of aliphatic hydroxyl groups is 1. The zero-order valence-electron chi connectivity index (χ0n) is 12.4. The van der Waals surface area contributed by atoms with Crippen LogP contribution in [0.5, 0.6) is 0 Å². The summed E-state index contributed by atoms with van der Waals surface area (Å²) in [6.45, 7) is 6.85. The van der Waals surface area contributed by atoms with Crippen molar-refractivity contribution in [1.82, 2.24) is 4.98 Å². The van der Waals surface area contributed by atoms with Gasteiger partial charge in [0.05, 0.1) is 23.0 Å². The highest BCUT2D eigenvalue weighted by molar-refractivity contribution is 5.96. The monoisotopic (exact) mass is 273 g/mol. The van der Waals surface area contributed by atoms with Gasteiger partial charge < -0.3 is 16.2 Å². The Kier molecular flexibility index (Phi) is 4.14. The molecule has 4 heteroatoms. The van der Waals surface area contributed by atoms with Crippen LogP contribution in [0.2, 0.25) is 0 Å². The summed E-state index contributed by atoms with van der Waals surface area (Å²) in [6, 6.07) is 7.67. The molecule has 0 aliphatic heterocycles. The number of hydrogen-bond donors (Lipinski definition) is 3. The maximum Gasteiger partial charge on any atom is 0.0724 e. The summed E-state index contributed by atoms with van der Waals surface area (Å²) < 4.78 is 0. The van der Waals surface area contributed by atoms with Crippen molar-refractivity contribution < 1.29 is 5.11 Å². The third kappa shape index (κ3) is 3.61. The topological polar surface area (TPSA) is 71.2 Å². The molecule has 1 unspecified atom stereocenters. The van der Waals surface area contributed by atoms with Gasteiger partial charge in [-0.3, -0.25) is 4.98 Å². The van der Waals surface area contributed by atoms with Gasteiger partial charge in [-0.05, 0) is 36.1 Å². The lowest BCUT2D eigenvalue weighted by Crippen LogP contribution is -2.25. The minimum absolute atomic E-state index is 0.111. The number of nitrogens with one attached hydrogen (secondary N) is 1. The highest BCUT2D eigenvalue weighted by atomic mass is 16.3. The van der Waals surface area contributed by atoms with Crippen LogP contribution in [0.15, 0.2) is 30.5 Å². The van der Waals surface area contributed by atoms with Gasteiger partial charge in [0.15, 0.2) is 0 Å². The number of anilines is 2. The fraction of sp³-hybridized carbons (Fsp3) is 0.438. The first-order chi connectivity index (χ1) is 9.37. The van der Waals surface area contributed by atoms with Crippen molar-refractivity contribution in [1.29, 1.82) is 0 Å². The SMILES string of the molecule is CC(C)(C)CC(O)CNc1ccc2ncccc2c1N. The van der Waals surface area contributed by atoms with E-state index in [0.29, 0.717) is 12.2 Å². The van der Waals surface area contributed by atoms with Gasteiger partial charge in [-0.25, -0.2) is 0 Å². The Hall–Kier alpha value is -1.81. The van der Waals surface area contributed by atoms with Gasteiger partial charge in [-0.1, -0.05) is 20.8 Å². The second-order valence-electron chi connectivity index (χ2n) is 6.40. The van der Waals surface area contributed by atoms with Crippen molar-refractivity contribution in [2.45, 2.75) is 33.3 Å². The van der Waals surface area contributed by atoms with Crippen molar-refractivity contribution in [3.8, 4) is 0 Å². The molecule has 0 fully saturated rings. The number of rotatable bonds is 4.